The number of H-pyrrole nitrogens is 1. The Labute approximate surface area is 101 Å². The lowest BCUT2D eigenvalue weighted by atomic mass is 10.0. The predicted octanol–water partition coefficient (Wildman–Crippen LogP) is 2.01. The maximum absolute atomic E-state index is 11.6. The highest BCUT2D eigenvalue weighted by atomic mass is 16.5. The SMILES string of the molecule is COCCCc1nc(C2CCCC2)cc(=O)[nH]1. The number of rotatable bonds is 5. The van der Waals surface area contributed by atoms with E-state index in [0.29, 0.717) is 12.5 Å². The van der Waals surface area contributed by atoms with Crippen LogP contribution >= 0.6 is 0 Å². The normalized spacial score (nSPS) is 16.5. The molecule has 17 heavy (non-hydrogen) atoms. The number of ether oxygens (including phenoxy) is 1. The van der Waals surface area contributed by atoms with Crippen molar-refractivity contribution < 1.29 is 4.74 Å². The van der Waals surface area contributed by atoms with Gasteiger partial charge in [-0.3, -0.25) is 4.79 Å². The molecule has 0 radical (unpaired) electrons. The summed E-state index contributed by atoms with van der Waals surface area (Å²) in [5.41, 5.74) is 0.966. The molecule has 0 aromatic carbocycles. The topological polar surface area (TPSA) is 55.0 Å². The molecule has 1 fully saturated rings. The summed E-state index contributed by atoms with van der Waals surface area (Å²) in [5, 5.41) is 0. The van der Waals surface area contributed by atoms with E-state index in [0.717, 1.165) is 24.4 Å². The highest BCUT2D eigenvalue weighted by Crippen LogP contribution is 2.32. The summed E-state index contributed by atoms with van der Waals surface area (Å²) in [6, 6.07) is 1.66. The van der Waals surface area contributed by atoms with Gasteiger partial charge in [0.1, 0.15) is 5.82 Å². The van der Waals surface area contributed by atoms with E-state index in [1.54, 1.807) is 13.2 Å². The first-order valence-electron chi connectivity index (χ1n) is 6.38. The first kappa shape index (κ1) is 12.3. The molecule has 1 aliphatic carbocycles. The molecule has 94 valence electrons. The van der Waals surface area contributed by atoms with Gasteiger partial charge in [-0.05, 0) is 19.3 Å². The molecule has 2 rings (SSSR count). The van der Waals surface area contributed by atoms with Gasteiger partial charge in [-0.2, -0.15) is 0 Å². The van der Waals surface area contributed by atoms with Gasteiger partial charge in [0.25, 0.3) is 5.56 Å². The minimum atomic E-state index is -0.0192. The summed E-state index contributed by atoms with van der Waals surface area (Å²) in [6.07, 6.45) is 6.55. The van der Waals surface area contributed by atoms with Gasteiger partial charge in [-0.15, -0.1) is 0 Å². The van der Waals surface area contributed by atoms with Crippen molar-refractivity contribution in [2.75, 3.05) is 13.7 Å². The number of hydrogen-bond donors (Lipinski definition) is 1. The quantitative estimate of drug-likeness (QED) is 0.796. The number of hydrogen-bond acceptors (Lipinski definition) is 3. The van der Waals surface area contributed by atoms with Gasteiger partial charge in [0, 0.05) is 32.1 Å². The molecule has 0 spiro atoms. The first-order valence-corrected chi connectivity index (χ1v) is 6.38. The highest BCUT2D eigenvalue weighted by molar-refractivity contribution is 5.10. The fraction of sp³-hybridized carbons (Fsp3) is 0.692. The van der Waals surface area contributed by atoms with Gasteiger partial charge in [0.05, 0.1) is 5.69 Å². The molecule has 0 atom stereocenters. The molecule has 0 bridgehead atoms. The summed E-state index contributed by atoms with van der Waals surface area (Å²) in [7, 11) is 1.69. The number of aryl methyl sites for hydroxylation is 1. The molecule has 1 saturated carbocycles. The maximum atomic E-state index is 11.6. The lowest BCUT2D eigenvalue weighted by Crippen LogP contribution is -2.14. The Balaban J connectivity index is 2.08. The van der Waals surface area contributed by atoms with E-state index in [1.165, 1.54) is 25.7 Å². The van der Waals surface area contributed by atoms with E-state index < -0.39 is 0 Å². The average molecular weight is 236 g/mol. The van der Waals surface area contributed by atoms with Crippen LogP contribution in [0.15, 0.2) is 10.9 Å². The van der Waals surface area contributed by atoms with Crippen LogP contribution in [0.1, 0.15) is 49.5 Å². The molecular weight excluding hydrogens is 216 g/mol. The minimum absolute atomic E-state index is 0.0192. The Kier molecular flexibility index (Phi) is 4.31. The molecule has 0 aliphatic heterocycles. The van der Waals surface area contributed by atoms with Crippen molar-refractivity contribution in [1.29, 1.82) is 0 Å². The van der Waals surface area contributed by atoms with Crippen LogP contribution < -0.4 is 5.56 Å². The van der Waals surface area contributed by atoms with Crippen LogP contribution in [0, 0.1) is 0 Å². The van der Waals surface area contributed by atoms with Crippen molar-refractivity contribution in [3.05, 3.63) is 27.9 Å². The summed E-state index contributed by atoms with van der Waals surface area (Å²) in [5.74, 6) is 1.30. The van der Waals surface area contributed by atoms with Crippen molar-refractivity contribution in [3.8, 4) is 0 Å². The largest absolute Gasteiger partial charge is 0.385 e. The first-order chi connectivity index (χ1) is 8.29. The molecule has 1 aliphatic rings. The van der Waals surface area contributed by atoms with Gasteiger partial charge >= 0.3 is 0 Å². The van der Waals surface area contributed by atoms with E-state index in [-0.39, 0.29) is 5.56 Å². The average Bonchev–Trinajstić information content (AvgIpc) is 2.82. The number of methoxy groups -OCH3 is 1. The van der Waals surface area contributed by atoms with Gasteiger partial charge in [0.15, 0.2) is 0 Å². The summed E-state index contributed by atoms with van der Waals surface area (Å²) in [4.78, 5) is 19.0. The van der Waals surface area contributed by atoms with Gasteiger partial charge in [-0.1, -0.05) is 12.8 Å². The van der Waals surface area contributed by atoms with Crippen LogP contribution in [0.5, 0.6) is 0 Å². The zero-order chi connectivity index (χ0) is 12.1. The molecule has 0 saturated heterocycles. The minimum Gasteiger partial charge on any atom is -0.385 e. The Morgan fingerprint density at radius 2 is 2.24 bits per heavy atom. The summed E-state index contributed by atoms with van der Waals surface area (Å²) in [6.45, 7) is 0.706. The van der Waals surface area contributed by atoms with Crippen molar-refractivity contribution in [3.63, 3.8) is 0 Å². The monoisotopic (exact) mass is 236 g/mol. The van der Waals surface area contributed by atoms with Crippen molar-refractivity contribution in [1.82, 2.24) is 9.97 Å². The fourth-order valence-corrected chi connectivity index (χ4v) is 2.46. The van der Waals surface area contributed by atoms with Crippen LogP contribution in [0.3, 0.4) is 0 Å². The van der Waals surface area contributed by atoms with Gasteiger partial charge in [0.2, 0.25) is 0 Å². The van der Waals surface area contributed by atoms with E-state index >= 15 is 0 Å². The number of nitrogens with one attached hydrogen (secondary N) is 1. The van der Waals surface area contributed by atoms with E-state index in [1.807, 2.05) is 0 Å². The smallest absolute Gasteiger partial charge is 0.251 e. The Morgan fingerprint density at radius 1 is 1.47 bits per heavy atom. The summed E-state index contributed by atoms with van der Waals surface area (Å²) < 4.78 is 5.00. The molecular formula is C13H20N2O2. The van der Waals surface area contributed by atoms with E-state index in [4.69, 9.17) is 4.74 Å². The third-order valence-electron chi connectivity index (χ3n) is 3.35. The van der Waals surface area contributed by atoms with Crippen molar-refractivity contribution in [2.24, 2.45) is 0 Å². The third kappa shape index (κ3) is 3.40. The van der Waals surface area contributed by atoms with Crippen molar-refractivity contribution in [2.45, 2.75) is 44.4 Å². The zero-order valence-corrected chi connectivity index (χ0v) is 10.4. The predicted molar refractivity (Wildman–Crippen MR) is 66.3 cm³/mol. The van der Waals surface area contributed by atoms with Gasteiger partial charge < -0.3 is 9.72 Å². The van der Waals surface area contributed by atoms with Crippen molar-refractivity contribution >= 4 is 0 Å². The Morgan fingerprint density at radius 3 is 2.94 bits per heavy atom. The van der Waals surface area contributed by atoms with Crippen LogP contribution in [-0.2, 0) is 11.2 Å². The molecule has 1 aromatic rings. The molecule has 0 amide bonds. The van der Waals surface area contributed by atoms with Crippen LogP contribution in [0.2, 0.25) is 0 Å². The van der Waals surface area contributed by atoms with Crippen LogP contribution in [-0.4, -0.2) is 23.7 Å². The number of aromatic nitrogens is 2. The third-order valence-corrected chi connectivity index (χ3v) is 3.35. The molecule has 0 unspecified atom stereocenters. The second-order valence-corrected chi connectivity index (χ2v) is 4.69. The maximum Gasteiger partial charge on any atom is 0.251 e. The number of aromatic amines is 1. The lowest BCUT2D eigenvalue weighted by molar-refractivity contribution is 0.194. The summed E-state index contributed by atoms with van der Waals surface area (Å²) >= 11 is 0. The second-order valence-electron chi connectivity index (χ2n) is 4.69. The molecule has 1 N–H and O–H groups in total. The Bertz CT molecular complexity index is 408. The van der Waals surface area contributed by atoms with Gasteiger partial charge in [-0.25, -0.2) is 4.98 Å². The molecule has 4 heteroatoms. The Hall–Kier alpha value is -1.16. The highest BCUT2D eigenvalue weighted by Gasteiger charge is 2.19. The van der Waals surface area contributed by atoms with E-state index in [2.05, 4.69) is 9.97 Å². The fourth-order valence-electron chi connectivity index (χ4n) is 2.46. The zero-order valence-electron chi connectivity index (χ0n) is 10.4. The molecule has 4 nitrogen and oxygen atoms in total. The van der Waals surface area contributed by atoms with Crippen LogP contribution in [0.25, 0.3) is 0 Å². The van der Waals surface area contributed by atoms with Crippen LogP contribution in [0.4, 0.5) is 0 Å². The lowest BCUT2D eigenvalue weighted by Gasteiger charge is -2.09. The molecule has 1 aromatic heterocycles. The number of nitrogens with zero attached hydrogens (tertiary/aromatic N) is 1. The standard InChI is InChI=1S/C13H20N2O2/c1-17-8-4-7-12-14-11(9-13(16)15-12)10-5-2-3-6-10/h9-10H,2-8H2,1H3,(H,14,15,16). The second kappa shape index (κ2) is 5.96. The molecule has 1 heterocycles. The van der Waals surface area contributed by atoms with E-state index in [9.17, 15) is 4.79 Å².